The van der Waals surface area contributed by atoms with Crippen molar-refractivity contribution < 1.29 is 8.42 Å². The van der Waals surface area contributed by atoms with Crippen LogP contribution in [0.1, 0.15) is 25.8 Å². The van der Waals surface area contributed by atoms with Gasteiger partial charge >= 0.3 is 0 Å². The summed E-state index contributed by atoms with van der Waals surface area (Å²) in [7, 11) is -3.54. The van der Waals surface area contributed by atoms with Gasteiger partial charge in [-0.1, -0.05) is 18.2 Å². The van der Waals surface area contributed by atoms with Crippen LogP contribution in [0.25, 0.3) is 0 Å². The third-order valence-corrected chi connectivity index (χ3v) is 7.01. The summed E-state index contributed by atoms with van der Waals surface area (Å²) in [4.78, 5) is 9.01. The largest absolute Gasteiger partial charge is 0.367 e. The number of fused-ring (bicyclic) bond motifs is 2. The summed E-state index contributed by atoms with van der Waals surface area (Å²) in [6, 6.07) is 12.4. The third-order valence-electron chi connectivity index (χ3n) is 5.50. The van der Waals surface area contributed by atoms with Crippen LogP contribution in [0, 0.1) is 0 Å². The molecule has 4 rings (SSSR count). The lowest BCUT2D eigenvalue weighted by atomic mass is 10.1. The normalized spacial score (nSPS) is 23.1. The molecule has 1 aromatic carbocycles. The molecule has 6 nitrogen and oxygen atoms in total. The van der Waals surface area contributed by atoms with Crippen molar-refractivity contribution >= 4 is 15.7 Å². The number of hydrogen-bond donors (Lipinski definition) is 1. The predicted octanol–water partition coefficient (Wildman–Crippen LogP) is 2.23. The second kappa shape index (κ2) is 7.22. The van der Waals surface area contributed by atoms with Crippen LogP contribution in [-0.2, 0) is 16.6 Å². The Morgan fingerprint density at radius 3 is 2.70 bits per heavy atom. The number of hydrogen-bond acceptors (Lipinski definition) is 5. The SMILES string of the molecule is CC(C)N1C[C@@H]2C[C@H](NS(=O)(=O)c3cccnc3)CN2Cc2ccccc21. The molecule has 2 aliphatic rings. The van der Waals surface area contributed by atoms with E-state index >= 15 is 0 Å². The lowest BCUT2D eigenvalue weighted by molar-refractivity contribution is 0.251. The summed E-state index contributed by atoms with van der Waals surface area (Å²) >= 11 is 0. The lowest BCUT2D eigenvalue weighted by Gasteiger charge is -2.31. The van der Waals surface area contributed by atoms with E-state index < -0.39 is 10.0 Å². The zero-order valence-electron chi connectivity index (χ0n) is 15.7. The van der Waals surface area contributed by atoms with Crippen molar-refractivity contribution in [1.29, 1.82) is 0 Å². The summed E-state index contributed by atoms with van der Waals surface area (Å²) < 4.78 is 28.2. The highest BCUT2D eigenvalue weighted by Crippen LogP contribution is 2.33. The zero-order valence-corrected chi connectivity index (χ0v) is 16.6. The quantitative estimate of drug-likeness (QED) is 0.873. The van der Waals surface area contributed by atoms with Gasteiger partial charge in [-0.15, -0.1) is 0 Å². The Kier molecular flexibility index (Phi) is 4.92. The fraction of sp³-hybridized carbons (Fsp3) is 0.450. The second-order valence-corrected chi connectivity index (χ2v) is 9.41. The molecule has 0 unspecified atom stereocenters. The molecule has 0 spiro atoms. The van der Waals surface area contributed by atoms with Crippen molar-refractivity contribution in [2.75, 3.05) is 18.0 Å². The van der Waals surface area contributed by atoms with Crippen LogP contribution >= 0.6 is 0 Å². The summed E-state index contributed by atoms with van der Waals surface area (Å²) in [5.41, 5.74) is 2.61. The van der Waals surface area contributed by atoms with Gasteiger partial charge in [-0.3, -0.25) is 9.88 Å². The standard InChI is InChI=1S/C20H26N4O2S/c1-15(2)24-14-18-10-17(22-27(25,26)19-7-5-9-21-11-19)13-23(18)12-16-6-3-4-8-20(16)24/h3-9,11,15,17-18,22H,10,12-14H2,1-2H3/t17-,18-/m0/s1. The topological polar surface area (TPSA) is 65.5 Å². The van der Waals surface area contributed by atoms with E-state index in [0.29, 0.717) is 12.1 Å². The predicted molar refractivity (Wildman–Crippen MR) is 106 cm³/mol. The van der Waals surface area contributed by atoms with Crippen molar-refractivity contribution in [3.8, 4) is 0 Å². The van der Waals surface area contributed by atoms with Crippen LogP contribution < -0.4 is 9.62 Å². The molecule has 0 aliphatic carbocycles. The van der Waals surface area contributed by atoms with E-state index in [9.17, 15) is 8.42 Å². The van der Waals surface area contributed by atoms with Crippen LogP contribution in [0.3, 0.4) is 0 Å². The Hall–Kier alpha value is -1.96. The average molecular weight is 387 g/mol. The molecule has 0 amide bonds. The molecule has 1 aromatic heterocycles. The monoisotopic (exact) mass is 386 g/mol. The molecule has 27 heavy (non-hydrogen) atoms. The van der Waals surface area contributed by atoms with Crippen molar-refractivity contribution in [3.05, 3.63) is 54.4 Å². The summed E-state index contributed by atoms with van der Waals surface area (Å²) in [6.07, 6.45) is 3.79. The van der Waals surface area contributed by atoms with Crippen LogP contribution in [-0.4, -0.2) is 49.5 Å². The van der Waals surface area contributed by atoms with E-state index in [1.54, 1.807) is 18.3 Å². The van der Waals surface area contributed by atoms with Crippen LogP contribution in [0.15, 0.2) is 53.7 Å². The molecule has 0 bridgehead atoms. The minimum Gasteiger partial charge on any atom is -0.367 e. The molecule has 2 atom stereocenters. The van der Waals surface area contributed by atoms with Gasteiger partial charge in [0.1, 0.15) is 4.90 Å². The Labute approximate surface area is 161 Å². The Morgan fingerprint density at radius 1 is 1.15 bits per heavy atom. The number of anilines is 1. The first-order valence-corrected chi connectivity index (χ1v) is 10.9. The second-order valence-electron chi connectivity index (χ2n) is 7.70. The van der Waals surface area contributed by atoms with Gasteiger partial charge in [-0.25, -0.2) is 13.1 Å². The van der Waals surface area contributed by atoms with E-state index in [1.165, 1.54) is 17.4 Å². The first-order valence-electron chi connectivity index (χ1n) is 9.45. The van der Waals surface area contributed by atoms with Crippen molar-refractivity contribution in [1.82, 2.24) is 14.6 Å². The molecule has 0 saturated carbocycles. The number of pyridine rings is 1. The van der Waals surface area contributed by atoms with Gasteiger partial charge in [0.05, 0.1) is 0 Å². The molecule has 1 saturated heterocycles. The van der Waals surface area contributed by atoms with Gasteiger partial charge in [0.2, 0.25) is 10.0 Å². The van der Waals surface area contributed by atoms with Crippen molar-refractivity contribution in [2.24, 2.45) is 0 Å². The van der Waals surface area contributed by atoms with E-state index in [1.807, 2.05) is 0 Å². The molecule has 1 fully saturated rings. The summed E-state index contributed by atoms with van der Waals surface area (Å²) in [5, 5.41) is 0. The van der Waals surface area contributed by atoms with Gasteiger partial charge < -0.3 is 4.90 Å². The fourth-order valence-corrected chi connectivity index (χ4v) is 5.41. The number of benzene rings is 1. The number of rotatable bonds is 4. The molecular formula is C20H26N4O2S. The van der Waals surface area contributed by atoms with Crippen LogP contribution in [0.2, 0.25) is 0 Å². The Morgan fingerprint density at radius 2 is 1.96 bits per heavy atom. The smallest absolute Gasteiger partial charge is 0.242 e. The van der Waals surface area contributed by atoms with Crippen molar-refractivity contribution in [3.63, 3.8) is 0 Å². The molecule has 2 aliphatic heterocycles. The zero-order chi connectivity index (χ0) is 19.0. The molecule has 1 N–H and O–H groups in total. The fourth-order valence-electron chi connectivity index (χ4n) is 4.20. The maximum absolute atomic E-state index is 12.7. The Bertz CT molecular complexity index is 901. The molecule has 3 heterocycles. The van der Waals surface area contributed by atoms with Gasteiger partial charge in [0.25, 0.3) is 0 Å². The minimum absolute atomic E-state index is 0.0838. The number of nitrogens with one attached hydrogen (secondary N) is 1. The van der Waals surface area contributed by atoms with Gasteiger partial charge in [-0.2, -0.15) is 0 Å². The number of nitrogens with zero attached hydrogens (tertiary/aromatic N) is 3. The maximum atomic E-state index is 12.7. The van der Waals surface area contributed by atoms with Gasteiger partial charge in [-0.05, 0) is 44.0 Å². The minimum atomic E-state index is -3.54. The van der Waals surface area contributed by atoms with E-state index in [4.69, 9.17) is 0 Å². The molecule has 7 heteroatoms. The van der Waals surface area contributed by atoms with Gasteiger partial charge in [0.15, 0.2) is 0 Å². The first-order chi connectivity index (χ1) is 12.9. The maximum Gasteiger partial charge on any atom is 0.242 e. The van der Waals surface area contributed by atoms with E-state index in [2.05, 4.69) is 57.6 Å². The number of sulfonamides is 1. The highest BCUT2D eigenvalue weighted by molar-refractivity contribution is 7.89. The highest BCUT2D eigenvalue weighted by Gasteiger charge is 2.38. The van der Waals surface area contributed by atoms with E-state index in [-0.39, 0.29) is 10.9 Å². The summed E-state index contributed by atoms with van der Waals surface area (Å²) in [5.74, 6) is 0. The average Bonchev–Trinajstić information content (AvgIpc) is 2.93. The Balaban J connectivity index is 1.54. The molecule has 144 valence electrons. The highest BCUT2D eigenvalue weighted by atomic mass is 32.2. The van der Waals surface area contributed by atoms with Gasteiger partial charge in [0, 0.05) is 55.8 Å². The van der Waals surface area contributed by atoms with Crippen LogP contribution in [0.4, 0.5) is 5.69 Å². The van der Waals surface area contributed by atoms with E-state index in [0.717, 1.165) is 26.1 Å². The molecular weight excluding hydrogens is 360 g/mol. The summed E-state index contributed by atoms with van der Waals surface area (Å²) in [6.45, 7) is 6.92. The number of aromatic nitrogens is 1. The first kappa shape index (κ1) is 18.4. The van der Waals surface area contributed by atoms with Crippen LogP contribution in [0.5, 0.6) is 0 Å². The molecule has 0 radical (unpaired) electrons. The van der Waals surface area contributed by atoms with Crippen molar-refractivity contribution in [2.45, 2.75) is 49.8 Å². The molecule has 2 aromatic rings. The lowest BCUT2D eigenvalue weighted by Crippen LogP contribution is -2.40. The number of para-hydroxylation sites is 1. The third kappa shape index (κ3) is 3.72.